The van der Waals surface area contributed by atoms with Crippen LogP contribution >= 0.6 is 23.2 Å². The maximum Gasteiger partial charge on any atom is 0.0514 e. The number of hydrogen-bond donors (Lipinski definition) is 0. The predicted octanol–water partition coefficient (Wildman–Crippen LogP) is 3.79. The van der Waals surface area contributed by atoms with Crippen molar-refractivity contribution in [2.24, 2.45) is 7.05 Å². The maximum absolute atomic E-state index is 6.05. The molecule has 1 heterocycles. The van der Waals surface area contributed by atoms with Crippen LogP contribution in [-0.4, -0.2) is 4.57 Å². The minimum atomic E-state index is 0.679. The second-order valence-corrected chi connectivity index (χ2v) is 4.01. The van der Waals surface area contributed by atoms with Crippen molar-refractivity contribution >= 4 is 34.1 Å². The number of rotatable bonds is 0. The van der Waals surface area contributed by atoms with Crippen LogP contribution in [0.4, 0.5) is 0 Å². The lowest BCUT2D eigenvalue weighted by Crippen LogP contribution is -1.88. The highest BCUT2D eigenvalue weighted by Crippen LogP contribution is 2.29. The summed E-state index contributed by atoms with van der Waals surface area (Å²) in [6, 6.07) is 5.76. The second kappa shape index (κ2) is 2.93. The molecule has 0 N–H and O–H groups in total. The van der Waals surface area contributed by atoms with E-state index in [0.717, 1.165) is 10.9 Å². The normalized spacial score (nSPS) is 11.1. The fourth-order valence-corrected chi connectivity index (χ4v) is 2.02. The standard InChI is InChI=1S/C10H9Cl2N/c1-6-3-8-9(12)4-7(11)5-10(8)13(6)2/h3-5H,1-2H3. The first-order valence-electron chi connectivity index (χ1n) is 4.00. The highest BCUT2D eigenvalue weighted by Gasteiger charge is 2.06. The van der Waals surface area contributed by atoms with Gasteiger partial charge in [0.15, 0.2) is 0 Å². The molecule has 0 fully saturated rings. The Balaban J connectivity index is 2.94. The Morgan fingerprint density at radius 3 is 2.54 bits per heavy atom. The van der Waals surface area contributed by atoms with E-state index >= 15 is 0 Å². The summed E-state index contributed by atoms with van der Waals surface area (Å²) in [5.41, 5.74) is 2.26. The van der Waals surface area contributed by atoms with Gasteiger partial charge in [0.2, 0.25) is 0 Å². The number of benzene rings is 1. The van der Waals surface area contributed by atoms with E-state index in [4.69, 9.17) is 23.2 Å². The third-order valence-electron chi connectivity index (χ3n) is 2.32. The van der Waals surface area contributed by atoms with E-state index in [1.807, 2.05) is 20.0 Å². The number of aromatic nitrogens is 1. The fraction of sp³-hybridized carbons (Fsp3) is 0.200. The lowest BCUT2D eigenvalue weighted by molar-refractivity contribution is 0.918. The smallest absolute Gasteiger partial charge is 0.0514 e. The Kier molecular flexibility index (Phi) is 2.01. The summed E-state index contributed by atoms with van der Waals surface area (Å²) in [6.07, 6.45) is 0. The summed E-state index contributed by atoms with van der Waals surface area (Å²) in [5.74, 6) is 0. The molecule has 1 aromatic carbocycles. The summed E-state index contributed by atoms with van der Waals surface area (Å²) < 4.78 is 2.08. The van der Waals surface area contributed by atoms with Crippen molar-refractivity contribution in [2.75, 3.05) is 0 Å². The van der Waals surface area contributed by atoms with Gasteiger partial charge < -0.3 is 4.57 Å². The number of fused-ring (bicyclic) bond motifs is 1. The van der Waals surface area contributed by atoms with Crippen molar-refractivity contribution in [2.45, 2.75) is 6.92 Å². The van der Waals surface area contributed by atoms with E-state index in [-0.39, 0.29) is 0 Å². The molecule has 1 nitrogen and oxygen atoms in total. The molecular formula is C10H9Cl2N. The molecule has 68 valence electrons. The first-order chi connectivity index (χ1) is 6.09. The van der Waals surface area contributed by atoms with Crippen LogP contribution in [0.5, 0.6) is 0 Å². The molecule has 13 heavy (non-hydrogen) atoms. The van der Waals surface area contributed by atoms with Crippen LogP contribution in [0.1, 0.15) is 5.69 Å². The van der Waals surface area contributed by atoms with Gasteiger partial charge in [0, 0.05) is 23.2 Å². The lowest BCUT2D eigenvalue weighted by atomic mass is 10.2. The Morgan fingerprint density at radius 1 is 1.15 bits per heavy atom. The molecule has 0 unspecified atom stereocenters. The molecule has 0 atom stereocenters. The van der Waals surface area contributed by atoms with Crippen LogP contribution in [0.2, 0.25) is 10.0 Å². The minimum Gasteiger partial charge on any atom is -0.348 e. The molecular weight excluding hydrogens is 205 g/mol. The van der Waals surface area contributed by atoms with Gasteiger partial charge in [0.1, 0.15) is 0 Å². The molecule has 2 aromatic rings. The number of aryl methyl sites for hydroxylation is 2. The number of hydrogen-bond acceptors (Lipinski definition) is 0. The van der Waals surface area contributed by atoms with E-state index in [1.165, 1.54) is 5.69 Å². The summed E-state index contributed by atoms with van der Waals surface area (Å²) in [5, 5.41) is 2.45. The third-order valence-corrected chi connectivity index (χ3v) is 2.85. The van der Waals surface area contributed by atoms with Crippen molar-refractivity contribution in [1.82, 2.24) is 4.57 Å². The molecule has 0 spiro atoms. The van der Waals surface area contributed by atoms with Crippen molar-refractivity contribution in [3.63, 3.8) is 0 Å². The van der Waals surface area contributed by atoms with Crippen LogP contribution in [0, 0.1) is 6.92 Å². The van der Waals surface area contributed by atoms with Crippen molar-refractivity contribution in [3.8, 4) is 0 Å². The first kappa shape index (κ1) is 8.92. The molecule has 3 heteroatoms. The molecule has 0 aliphatic heterocycles. The molecule has 0 bridgehead atoms. The Hall–Kier alpha value is -0.660. The van der Waals surface area contributed by atoms with Gasteiger partial charge in [-0.2, -0.15) is 0 Å². The average Bonchev–Trinajstić information content (AvgIpc) is 2.32. The van der Waals surface area contributed by atoms with E-state index in [1.54, 1.807) is 6.07 Å². The van der Waals surface area contributed by atoms with Crippen LogP contribution in [0.15, 0.2) is 18.2 Å². The summed E-state index contributed by atoms with van der Waals surface area (Å²) in [7, 11) is 2.00. The Labute approximate surface area is 86.9 Å². The molecule has 0 aliphatic carbocycles. The van der Waals surface area contributed by atoms with Gasteiger partial charge in [0.25, 0.3) is 0 Å². The Morgan fingerprint density at radius 2 is 1.85 bits per heavy atom. The summed E-state index contributed by atoms with van der Waals surface area (Å²) >= 11 is 12.0. The SMILES string of the molecule is Cc1cc2c(Cl)cc(Cl)cc2n1C. The minimum absolute atomic E-state index is 0.679. The van der Waals surface area contributed by atoms with Crippen LogP contribution in [-0.2, 0) is 7.05 Å². The monoisotopic (exact) mass is 213 g/mol. The zero-order chi connectivity index (χ0) is 9.59. The maximum atomic E-state index is 6.05. The summed E-state index contributed by atoms with van der Waals surface area (Å²) in [4.78, 5) is 0. The van der Waals surface area contributed by atoms with Crippen molar-refractivity contribution in [3.05, 3.63) is 33.9 Å². The second-order valence-electron chi connectivity index (χ2n) is 3.17. The van der Waals surface area contributed by atoms with E-state index < -0.39 is 0 Å². The van der Waals surface area contributed by atoms with Crippen LogP contribution in [0.25, 0.3) is 10.9 Å². The van der Waals surface area contributed by atoms with Crippen molar-refractivity contribution in [1.29, 1.82) is 0 Å². The first-order valence-corrected chi connectivity index (χ1v) is 4.76. The average molecular weight is 214 g/mol. The van der Waals surface area contributed by atoms with Gasteiger partial charge in [-0.1, -0.05) is 23.2 Å². The van der Waals surface area contributed by atoms with Gasteiger partial charge in [-0.3, -0.25) is 0 Å². The Bertz CT molecular complexity index is 471. The number of nitrogens with zero attached hydrogens (tertiary/aromatic N) is 1. The zero-order valence-electron chi connectivity index (χ0n) is 7.44. The number of halogens is 2. The zero-order valence-corrected chi connectivity index (χ0v) is 8.95. The van der Waals surface area contributed by atoms with Gasteiger partial charge in [-0.15, -0.1) is 0 Å². The highest BCUT2D eigenvalue weighted by atomic mass is 35.5. The van der Waals surface area contributed by atoms with E-state index in [9.17, 15) is 0 Å². The third kappa shape index (κ3) is 1.32. The molecule has 0 amide bonds. The molecule has 0 radical (unpaired) electrons. The highest BCUT2D eigenvalue weighted by molar-refractivity contribution is 6.38. The van der Waals surface area contributed by atoms with E-state index in [2.05, 4.69) is 10.6 Å². The fourth-order valence-electron chi connectivity index (χ4n) is 1.49. The molecule has 2 rings (SSSR count). The van der Waals surface area contributed by atoms with Crippen LogP contribution < -0.4 is 0 Å². The van der Waals surface area contributed by atoms with Crippen LogP contribution in [0.3, 0.4) is 0 Å². The molecule has 0 saturated heterocycles. The van der Waals surface area contributed by atoms with Gasteiger partial charge in [-0.05, 0) is 25.1 Å². The van der Waals surface area contributed by atoms with E-state index in [0.29, 0.717) is 10.0 Å². The quantitative estimate of drug-likeness (QED) is 0.628. The molecule has 1 aromatic heterocycles. The summed E-state index contributed by atoms with van der Waals surface area (Å²) in [6.45, 7) is 2.05. The van der Waals surface area contributed by atoms with Gasteiger partial charge >= 0.3 is 0 Å². The predicted molar refractivity (Wildman–Crippen MR) is 57.7 cm³/mol. The molecule has 0 aliphatic rings. The lowest BCUT2D eigenvalue weighted by Gasteiger charge is -2.00. The van der Waals surface area contributed by atoms with Gasteiger partial charge in [0.05, 0.1) is 10.5 Å². The van der Waals surface area contributed by atoms with Gasteiger partial charge in [-0.25, -0.2) is 0 Å². The molecule has 0 saturated carbocycles. The van der Waals surface area contributed by atoms with Crippen molar-refractivity contribution < 1.29 is 0 Å². The largest absolute Gasteiger partial charge is 0.348 e. The topological polar surface area (TPSA) is 4.93 Å².